The molecule has 0 radical (unpaired) electrons. The number of carbonyl (C=O) groups excluding carboxylic acids is 1. The minimum absolute atomic E-state index is 0. The van der Waals surface area contributed by atoms with Crippen LogP contribution in [-0.2, 0) is 13.9 Å². The Balaban J connectivity index is 0.00000144. The number of phosphoric ester groups is 1. The van der Waals surface area contributed by atoms with Crippen molar-refractivity contribution in [1.29, 1.82) is 0 Å². The summed E-state index contributed by atoms with van der Waals surface area (Å²) in [5, 5.41) is 0. The molecule has 1 rings (SSSR count). The van der Waals surface area contributed by atoms with Gasteiger partial charge in [0.05, 0.1) is 0 Å². The maximum Gasteiger partial charge on any atom is 0.526 e. The van der Waals surface area contributed by atoms with Gasteiger partial charge in [-0.3, -0.25) is 14.6 Å². The fourth-order valence-corrected chi connectivity index (χ4v) is 1.00. The van der Waals surface area contributed by atoms with Gasteiger partial charge < -0.3 is 10.00 Å². The van der Waals surface area contributed by atoms with Crippen LogP contribution in [0.3, 0.4) is 0 Å². The molecule has 0 unspecified atom stereocenters. The van der Waals surface area contributed by atoms with E-state index in [2.05, 4.69) is 9.52 Å². The van der Waals surface area contributed by atoms with Crippen LogP contribution >= 0.6 is 7.82 Å². The van der Waals surface area contributed by atoms with E-state index in [1.807, 2.05) is 0 Å². The number of phosphoric acid groups is 1. The van der Waals surface area contributed by atoms with Crippen LogP contribution in [0.15, 0.2) is 17.3 Å². The van der Waals surface area contributed by atoms with Gasteiger partial charge in [-0.25, -0.2) is 9.56 Å². The summed E-state index contributed by atoms with van der Waals surface area (Å²) in [5.41, 5.74) is 0. The highest BCUT2D eigenvalue weighted by Crippen LogP contribution is 2.36. The van der Waals surface area contributed by atoms with Crippen molar-refractivity contribution in [3.05, 3.63) is 12.3 Å². The first-order valence-electron chi connectivity index (χ1n) is 3.00. The van der Waals surface area contributed by atoms with E-state index in [4.69, 9.17) is 9.79 Å². The number of nitrogens with zero attached hydrogens (tertiary/aromatic N) is 1. The quantitative estimate of drug-likeness (QED) is 0.544. The Labute approximate surface area is 73.3 Å². The van der Waals surface area contributed by atoms with Crippen LogP contribution in [0.1, 0.15) is 6.42 Å². The number of carbonyl (C=O) groups is 1. The fourth-order valence-electron chi connectivity index (χ4n) is 0.627. The summed E-state index contributed by atoms with van der Waals surface area (Å²) in [6.07, 6.45) is 2.78. The Morgan fingerprint density at radius 2 is 2.15 bits per heavy atom. The molecule has 1 aliphatic rings. The van der Waals surface area contributed by atoms with E-state index in [0.29, 0.717) is 0 Å². The van der Waals surface area contributed by atoms with E-state index in [-0.39, 0.29) is 11.9 Å². The Kier molecular flexibility index (Phi) is 3.96. The van der Waals surface area contributed by atoms with Gasteiger partial charge in [-0.05, 0) is 0 Å². The van der Waals surface area contributed by atoms with E-state index in [9.17, 15) is 9.36 Å². The van der Waals surface area contributed by atoms with Crippen molar-refractivity contribution in [3.63, 3.8) is 0 Å². The van der Waals surface area contributed by atoms with E-state index in [0.717, 1.165) is 0 Å². The summed E-state index contributed by atoms with van der Waals surface area (Å²) in [7, 11) is -4.66. The first-order chi connectivity index (χ1) is 5.49. The van der Waals surface area contributed by atoms with Crippen molar-refractivity contribution in [1.82, 2.24) is 0 Å². The predicted octanol–water partition coefficient (Wildman–Crippen LogP) is -0.844. The lowest BCUT2D eigenvalue weighted by Crippen LogP contribution is -2.17. The summed E-state index contributed by atoms with van der Waals surface area (Å²) >= 11 is 0. The van der Waals surface area contributed by atoms with E-state index >= 15 is 0 Å². The summed E-state index contributed by atoms with van der Waals surface area (Å²) < 4.78 is 14.3. The van der Waals surface area contributed by atoms with Gasteiger partial charge in [0.1, 0.15) is 0 Å². The van der Waals surface area contributed by atoms with Gasteiger partial charge in [0, 0.05) is 12.6 Å². The molecule has 13 heavy (non-hydrogen) atoms. The second-order valence-corrected chi connectivity index (χ2v) is 3.19. The van der Waals surface area contributed by atoms with Crippen molar-refractivity contribution in [3.8, 4) is 0 Å². The fraction of sp³-hybridized carbons (Fsp3) is 0.200. The van der Waals surface area contributed by atoms with E-state index in [1.54, 1.807) is 0 Å². The molecule has 0 spiro atoms. The summed E-state index contributed by atoms with van der Waals surface area (Å²) in [6, 6.07) is 0. The van der Waals surface area contributed by atoms with Gasteiger partial charge in [-0.15, -0.1) is 0 Å². The summed E-state index contributed by atoms with van der Waals surface area (Å²) in [4.78, 5) is 30.8. The van der Waals surface area contributed by atoms with Crippen LogP contribution in [0.4, 0.5) is 0 Å². The Morgan fingerprint density at radius 1 is 1.54 bits per heavy atom. The lowest BCUT2D eigenvalue weighted by atomic mass is 10.2. The molecule has 0 aromatic heterocycles. The van der Waals surface area contributed by atoms with E-state index in [1.165, 1.54) is 12.3 Å². The molecule has 0 amide bonds. The molecule has 4 N–H and O–H groups in total. The molecule has 0 aromatic rings. The number of Topliss-reactive ketones (excluding diaryl/α,β-unsaturated/α-hetero) is 1. The van der Waals surface area contributed by atoms with E-state index < -0.39 is 19.5 Å². The topological polar surface area (TPSA) is 128 Å². The van der Waals surface area contributed by atoms with Crippen molar-refractivity contribution in [2.24, 2.45) is 4.99 Å². The third-order valence-corrected chi connectivity index (χ3v) is 1.46. The second-order valence-electron chi connectivity index (χ2n) is 2.03. The molecule has 0 aromatic carbocycles. The van der Waals surface area contributed by atoms with Gasteiger partial charge in [-0.1, -0.05) is 6.08 Å². The van der Waals surface area contributed by atoms with Crippen LogP contribution < -0.4 is 0 Å². The maximum absolute atomic E-state index is 10.8. The number of hydrogen-bond acceptors (Lipinski definition) is 4. The van der Waals surface area contributed by atoms with Gasteiger partial charge in [-0.2, -0.15) is 0 Å². The number of rotatable bonds is 1. The molecule has 0 bridgehead atoms. The lowest BCUT2D eigenvalue weighted by Gasteiger charge is -2.08. The lowest BCUT2D eigenvalue weighted by molar-refractivity contribution is -0.113. The Morgan fingerprint density at radius 3 is 2.62 bits per heavy atom. The zero-order chi connectivity index (χ0) is 9.19. The Bertz CT molecular complexity index is 302. The molecule has 1 aliphatic heterocycles. The minimum atomic E-state index is -4.66. The molecule has 0 atom stereocenters. The van der Waals surface area contributed by atoms with Crippen molar-refractivity contribution in [2.75, 3.05) is 0 Å². The Hall–Kier alpha value is -1.01. The van der Waals surface area contributed by atoms with Crippen LogP contribution in [0.25, 0.3) is 0 Å². The van der Waals surface area contributed by atoms with Crippen molar-refractivity contribution >= 4 is 19.5 Å². The summed E-state index contributed by atoms with van der Waals surface area (Å²) in [5.74, 6) is -1.08. The molecular weight excluding hydrogens is 201 g/mol. The smallest absolute Gasteiger partial charge is 0.412 e. The molecular formula is C5H8NO6P. The molecule has 7 nitrogen and oxygen atoms in total. The van der Waals surface area contributed by atoms with Crippen LogP contribution in [-0.4, -0.2) is 26.9 Å². The number of aliphatic imine (C=N–C) groups is 1. The van der Waals surface area contributed by atoms with Crippen LogP contribution in [0.2, 0.25) is 0 Å². The van der Waals surface area contributed by atoms with Gasteiger partial charge in [0.25, 0.3) is 5.90 Å². The average molecular weight is 209 g/mol. The molecule has 0 fully saturated rings. The maximum atomic E-state index is 10.8. The highest BCUT2D eigenvalue weighted by atomic mass is 31.2. The normalized spacial score (nSPS) is 16.2. The minimum Gasteiger partial charge on any atom is -0.412 e. The molecule has 0 saturated heterocycles. The van der Waals surface area contributed by atoms with Gasteiger partial charge in [0.15, 0.2) is 0 Å². The SMILES string of the molecule is O.O=C1CC=CN=C1OP(=O)(O)O. The predicted molar refractivity (Wildman–Crippen MR) is 42.9 cm³/mol. The second kappa shape index (κ2) is 4.29. The third kappa shape index (κ3) is 3.95. The average Bonchev–Trinajstić information content (AvgIpc) is 1.91. The highest BCUT2D eigenvalue weighted by molar-refractivity contribution is 7.47. The largest absolute Gasteiger partial charge is 0.526 e. The third-order valence-electron chi connectivity index (χ3n) is 1.04. The monoisotopic (exact) mass is 209 g/mol. The summed E-state index contributed by atoms with van der Waals surface area (Å²) in [6.45, 7) is 0. The first kappa shape index (κ1) is 12.0. The molecule has 0 saturated carbocycles. The highest BCUT2D eigenvalue weighted by Gasteiger charge is 2.24. The van der Waals surface area contributed by atoms with Crippen molar-refractivity contribution < 1.29 is 29.1 Å². The number of hydrogen-bond donors (Lipinski definition) is 2. The molecule has 1 heterocycles. The number of allylic oxidation sites excluding steroid dienone is 1. The zero-order valence-electron chi connectivity index (χ0n) is 6.38. The zero-order valence-corrected chi connectivity index (χ0v) is 7.27. The van der Waals surface area contributed by atoms with Crippen LogP contribution in [0, 0.1) is 0 Å². The molecule has 74 valence electrons. The van der Waals surface area contributed by atoms with Gasteiger partial charge in [0.2, 0.25) is 5.78 Å². The number of ketones is 1. The molecule has 8 heteroatoms. The standard InChI is InChI=1S/C5H6NO5P.H2O/c7-4-2-1-3-6-5(4)11-12(8,9)10;/h1,3H,2H2,(H2,8,9,10);1H2. The van der Waals surface area contributed by atoms with Crippen molar-refractivity contribution in [2.45, 2.75) is 6.42 Å². The van der Waals surface area contributed by atoms with Gasteiger partial charge >= 0.3 is 7.82 Å². The molecule has 0 aliphatic carbocycles. The van der Waals surface area contributed by atoms with Crippen LogP contribution in [0.5, 0.6) is 0 Å². The first-order valence-corrected chi connectivity index (χ1v) is 4.53.